The van der Waals surface area contributed by atoms with Gasteiger partial charge < -0.3 is 5.73 Å². The molecule has 3 rings (SSSR count). The summed E-state index contributed by atoms with van der Waals surface area (Å²) in [4.78, 5) is 22.6. The minimum Gasteiger partial charge on any atom is -0.365 e. The molecule has 8 nitrogen and oxygen atoms in total. The van der Waals surface area contributed by atoms with Crippen LogP contribution in [0.3, 0.4) is 0 Å². The van der Waals surface area contributed by atoms with Crippen molar-refractivity contribution in [3.8, 4) is 11.3 Å². The fourth-order valence-electron chi connectivity index (χ4n) is 2.23. The third-order valence-corrected chi connectivity index (χ3v) is 5.26. The van der Waals surface area contributed by atoms with Crippen LogP contribution < -0.4 is 5.73 Å². The Balaban J connectivity index is 2.08. The number of nitrogens with zero attached hydrogens (tertiary/aromatic N) is 6. The molecule has 10 heteroatoms. The molecule has 0 radical (unpaired) electrons. The second kappa shape index (κ2) is 7.83. The van der Waals surface area contributed by atoms with Crippen molar-refractivity contribution in [2.45, 2.75) is 13.1 Å². The van der Waals surface area contributed by atoms with Gasteiger partial charge in [0.15, 0.2) is 10.0 Å². The van der Waals surface area contributed by atoms with Crippen molar-refractivity contribution < 1.29 is 4.79 Å². The molecule has 0 aliphatic heterocycles. The fraction of sp³-hybridized carbons (Fsp3) is 0.118. The molecule has 1 amide bonds. The number of nitrogens with two attached hydrogens (primary N) is 1. The highest BCUT2D eigenvalue weighted by atomic mass is 32.1. The molecule has 2 aromatic heterocycles. The number of hydrogen-bond acceptors (Lipinski definition) is 7. The second-order valence-corrected chi connectivity index (χ2v) is 6.98. The Morgan fingerprint density at radius 1 is 1.19 bits per heavy atom. The normalized spacial score (nSPS) is 10.8. The first-order valence-electron chi connectivity index (χ1n) is 7.52. The molecular weight excluding hydrogens is 382 g/mol. The van der Waals surface area contributed by atoms with E-state index in [1.807, 2.05) is 30.3 Å². The molecule has 0 bridgehead atoms. The van der Waals surface area contributed by atoms with Gasteiger partial charge in [-0.2, -0.15) is 4.37 Å². The van der Waals surface area contributed by atoms with Crippen LogP contribution in [0.15, 0.2) is 40.6 Å². The predicted octanol–water partition coefficient (Wildman–Crippen LogP) is 4.93. The molecule has 27 heavy (non-hydrogen) atoms. The standard InChI is InChI=1S/C17H11N7OS2/c1-9-11(13(18)25)15(27-24-9)22-23-16-12(10-7-5-4-6-8-10)21-17(26-16)14(19-2)20-3/h4-8,14H,1H3,(H2,18,25)/b23-22+. The summed E-state index contributed by atoms with van der Waals surface area (Å²) in [6, 6.07) is 9.29. The predicted molar refractivity (Wildman–Crippen MR) is 103 cm³/mol. The number of hydrogen-bond donors (Lipinski definition) is 1. The van der Waals surface area contributed by atoms with E-state index in [1.165, 1.54) is 0 Å². The van der Waals surface area contributed by atoms with E-state index in [2.05, 4.69) is 29.3 Å². The Kier molecular flexibility index (Phi) is 5.31. The molecule has 1 aromatic carbocycles. The van der Waals surface area contributed by atoms with E-state index >= 15 is 0 Å². The highest BCUT2D eigenvalue weighted by Crippen LogP contribution is 2.40. The van der Waals surface area contributed by atoms with Crippen molar-refractivity contribution in [2.24, 2.45) is 16.0 Å². The lowest BCUT2D eigenvalue weighted by Gasteiger charge is -1.97. The SMILES string of the molecule is [C-]#[N+]C([N+]#[C-])c1nc(-c2ccccc2)c(/N=N/c2snc(C)c2C(N)=O)s1. The lowest BCUT2D eigenvalue weighted by molar-refractivity contribution is 0.100. The quantitative estimate of drug-likeness (QED) is 0.491. The molecule has 0 spiro atoms. The number of carbonyl (C=O) groups is 1. The first kappa shape index (κ1) is 18.3. The zero-order valence-corrected chi connectivity index (χ0v) is 15.6. The summed E-state index contributed by atoms with van der Waals surface area (Å²) in [5, 5.41) is 9.44. The maximum atomic E-state index is 11.6. The number of aromatic nitrogens is 2. The van der Waals surface area contributed by atoms with Crippen LogP contribution in [0.25, 0.3) is 20.9 Å². The van der Waals surface area contributed by atoms with Gasteiger partial charge in [0, 0.05) is 5.56 Å². The van der Waals surface area contributed by atoms with Crippen LogP contribution in [0.4, 0.5) is 10.0 Å². The zero-order chi connectivity index (χ0) is 19.4. The monoisotopic (exact) mass is 393 g/mol. The van der Waals surface area contributed by atoms with Crippen molar-refractivity contribution in [3.05, 3.63) is 69.4 Å². The van der Waals surface area contributed by atoms with Crippen molar-refractivity contribution in [1.29, 1.82) is 0 Å². The molecule has 0 fully saturated rings. The van der Waals surface area contributed by atoms with E-state index < -0.39 is 12.1 Å². The molecule has 3 aromatic rings. The summed E-state index contributed by atoms with van der Waals surface area (Å²) >= 11 is 2.14. The lowest BCUT2D eigenvalue weighted by atomic mass is 10.2. The number of primary amides is 1. The maximum Gasteiger partial charge on any atom is 0.528 e. The van der Waals surface area contributed by atoms with Crippen LogP contribution in [0.5, 0.6) is 0 Å². The van der Waals surface area contributed by atoms with Crippen LogP contribution >= 0.6 is 22.9 Å². The largest absolute Gasteiger partial charge is 0.528 e. The Morgan fingerprint density at radius 3 is 2.48 bits per heavy atom. The fourth-order valence-corrected chi connectivity index (χ4v) is 3.85. The van der Waals surface area contributed by atoms with E-state index in [0.717, 1.165) is 28.4 Å². The van der Waals surface area contributed by atoms with Crippen LogP contribution in [0.1, 0.15) is 27.2 Å². The van der Waals surface area contributed by atoms with Crippen molar-refractivity contribution >= 4 is 38.8 Å². The number of carbonyl (C=O) groups excluding carboxylic acids is 1. The first-order valence-corrected chi connectivity index (χ1v) is 9.11. The first-order chi connectivity index (χ1) is 13.0. The van der Waals surface area contributed by atoms with Gasteiger partial charge in [0.1, 0.15) is 11.3 Å². The molecule has 0 unspecified atom stereocenters. The van der Waals surface area contributed by atoms with Gasteiger partial charge in [-0.05, 0) is 18.5 Å². The van der Waals surface area contributed by atoms with Gasteiger partial charge >= 0.3 is 6.17 Å². The third-order valence-electron chi connectivity index (χ3n) is 3.46. The van der Waals surface area contributed by atoms with Crippen molar-refractivity contribution in [3.63, 3.8) is 0 Å². The van der Waals surface area contributed by atoms with Gasteiger partial charge in [0.05, 0.1) is 5.69 Å². The lowest BCUT2D eigenvalue weighted by Crippen LogP contribution is -2.11. The van der Waals surface area contributed by atoms with E-state index in [0.29, 0.717) is 26.4 Å². The molecule has 2 N–H and O–H groups in total. The Morgan fingerprint density at radius 2 is 1.85 bits per heavy atom. The molecular formula is C17H11N7OS2. The minimum atomic E-state index is -1.02. The van der Waals surface area contributed by atoms with Gasteiger partial charge in [-0.25, -0.2) is 27.8 Å². The second-order valence-electron chi connectivity index (χ2n) is 5.22. The van der Waals surface area contributed by atoms with Crippen LogP contribution in [-0.4, -0.2) is 15.3 Å². The molecule has 0 atom stereocenters. The Bertz CT molecular complexity index is 1090. The van der Waals surface area contributed by atoms with E-state index in [-0.39, 0.29) is 5.56 Å². The van der Waals surface area contributed by atoms with Gasteiger partial charge in [-0.1, -0.05) is 41.7 Å². The molecule has 2 heterocycles. The smallest absolute Gasteiger partial charge is 0.365 e. The summed E-state index contributed by atoms with van der Waals surface area (Å²) in [6.07, 6.45) is -1.02. The summed E-state index contributed by atoms with van der Waals surface area (Å²) in [5.41, 5.74) is 7.42. The summed E-state index contributed by atoms with van der Waals surface area (Å²) in [6.45, 7) is 16.0. The number of amides is 1. The Hall–Kier alpha value is -3.47. The minimum absolute atomic E-state index is 0.231. The third kappa shape index (κ3) is 3.72. The van der Waals surface area contributed by atoms with E-state index in [9.17, 15) is 4.79 Å². The number of rotatable bonds is 5. The topological polar surface area (TPSA) is 102 Å². The van der Waals surface area contributed by atoms with Gasteiger partial charge in [0.25, 0.3) is 10.9 Å². The van der Waals surface area contributed by atoms with Gasteiger partial charge in [-0.3, -0.25) is 4.79 Å². The average Bonchev–Trinajstić information content (AvgIpc) is 3.25. The van der Waals surface area contributed by atoms with Crippen LogP contribution in [0.2, 0.25) is 0 Å². The number of azo groups is 1. The molecule has 132 valence electrons. The molecule has 0 saturated heterocycles. The van der Waals surface area contributed by atoms with E-state index in [1.54, 1.807) is 6.92 Å². The molecule has 0 aliphatic rings. The summed E-state index contributed by atoms with van der Waals surface area (Å²) in [7, 11) is 0. The van der Waals surface area contributed by atoms with Gasteiger partial charge in [-0.15, -0.1) is 10.2 Å². The Labute approximate surface area is 162 Å². The van der Waals surface area contributed by atoms with Crippen LogP contribution in [0, 0.1) is 20.1 Å². The molecule has 0 aliphatic carbocycles. The highest BCUT2D eigenvalue weighted by Gasteiger charge is 2.28. The van der Waals surface area contributed by atoms with Crippen molar-refractivity contribution in [1.82, 2.24) is 9.36 Å². The van der Waals surface area contributed by atoms with E-state index in [4.69, 9.17) is 18.9 Å². The maximum absolute atomic E-state index is 11.6. The zero-order valence-electron chi connectivity index (χ0n) is 13.9. The summed E-state index contributed by atoms with van der Waals surface area (Å²) < 4.78 is 4.09. The number of aryl methyl sites for hydroxylation is 1. The average molecular weight is 393 g/mol. The highest BCUT2D eigenvalue weighted by molar-refractivity contribution is 7.16. The molecule has 0 saturated carbocycles. The van der Waals surface area contributed by atoms with Crippen molar-refractivity contribution in [2.75, 3.05) is 0 Å². The number of thiazole rings is 1. The van der Waals surface area contributed by atoms with Gasteiger partial charge in [0.2, 0.25) is 0 Å². The summed E-state index contributed by atoms with van der Waals surface area (Å²) in [5.74, 6) is -0.621. The van der Waals surface area contributed by atoms with Crippen LogP contribution in [-0.2, 0) is 0 Å². The number of benzene rings is 1.